The third-order valence-electron chi connectivity index (χ3n) is 6.55. The molecule has 1 aromatic heterocycles. The van der Waals surface area contributed by atoms with Crippen LogP contribution < -0.4 is 10.6 Å². The predicted molar refractivity (Wildman–Crippen MR) is 144 cm³/mol. The highest BCUT2D eigenvalue weighted by molar-refractivity contribution is 6.04. The van der Waals surface area contributed by atoms with Gasteiger partial charge in [-0.3, -0.25) is 14.5 Å². The number of anilines is 1. The van der Waals surface area contributed by atoms with Crippen LogP contribution in [0.15, 0.2) is 65.7 Å². The van der Waals surface area contributed by atoms with Crippen LogP contribution in [0, 0.1) is 5.92 Å². The number of aromatic nitrogens is 2. The van der Waals surface area contributed by atoms with Gasteiger partial charge in [0.1, 0.15) is 0 Å². The fourth-order valence-corrected chi connectivity index (χ4v) is 4.45. The Morgan fingerprint density at radius 2 is 1.92 bits per heavy atom. The molecule has 1 aliphatic rings. The Labute approximate surface area is 218 Å². The molecule has 0 saturated carbocycles. The van der Waals surface area contributed by atoms with Crippen molar-refractivity contribution in [1.82, 2.24) is 20.4 Å². The standard InChI is InChI=1S/C29H35N5O3/c1-5-16-30-28(36)23-10-6-7-11-24(23)31-27(35)21-9-8-17-34(18-21)19-25-32-26(33-37-25)20-12-14-22(15-13-20)29(2,3)4/h5-7,10-15,21H,1,8-9,16-19H2,2-4H3,(H,30,36)(H,31,35). The number of carbonyl (C=O) groups is 2. The van der Waals surface area contributed by atoms with Crippen molar-refractivity contribution in [2.75, 3.05) is 25.0 Å². The Hall–Kier alpha value is -3.78. The Balaban J connectivity index is 1.37. The monoisotopic (exact) mass is 501 g/mol. The maximum atomic E-state index is 13.1. The molecule has 194 valence electrons. The molecule has 1 fully saturated rings. The molecule has 2 heterocycles. The molecule has 1 aliphatic heterocycles. The van der Waals surface area contributed by atoms with Crippen molar-refractivity contribution < 1.29 is 14.1 Å². The molecule has 0 bridgehead atoms. The second-order valence-corrected chi connectivity index (χ2v) is 10.4. The largest absolute Gasteiger partial charge is 0.349 e. The highest BCUT2D eigenvalue weighted by Crippen LogP contribution is 2.26. The summed E-state index contributed by atoms with van der Waals surface area (Å²) < 4.78 is 5.53. The lowest BCUT2D eigenvalue weighted by Crippen LogP contribution is -2.40. The Bertz CT molecular complexity index is 1240. The number of piperidine rings is 1. The van der Waals surface area contributed by atoms with E-state index in [0.29, 0.717) is 42.6 Å². The van der Waals surface area contributed by atoms with E-state index in [4.69, 9.17) is 4.52 Å². The fraction of sp³-hybridized carbons (Fsp3) is 0.379. The number of amides is 2. The average molecular weight is 502 g/mol. The van der Waals surface area contributed by atoms with E-state index in [9.17, 15) is 9.59 Å². The molecule has 3 aromatic rings. The predicted octanol–water partition coefficient (Wildman–Crippen LogP) is 4.80. The third kappa shape index (κ3) is 6.71. The molecule has 2 N–H and O–H groups in total. The van der Waals surface area contributed by atoms with Gasteiger partial charge in [0.05, 0.1) is 23.7 Å². The number of para-hydroxylation sites is 1. The first-order chi connectivity index (χ1) is 17.7. The van der Waals surface area contributed by atoms with Crippen LogP contribution in [0.4, 0.5) is 5.69 Å². The lowest BCUT2D eigenvalue weighted by Gasteiger charge is -2.31. The number of likely N-dealkylation sites (tertiary alicyclic amines) is 1. The quantitative estimate of drug-likeness (QED) is 0.430. The van der Waals surface area contributed by atoms with Gasteiger partial charge in [0.2, 0.25) is 17.6 Å². The smallest absolute Gasteiger partial charge is 0.253 e. The summed E-state index contributed by atoms with van der Waals surface area (Å²) in [5.41, 5.74) is 3.18. The number of rotatable bonds is 8. The summed E-state index contributed by atoms with van der Waals surface area (Å²) in [5.74, 6) is 0.541. The first-order valence-electron chi connectivity index (χ1n) is 12.7. The zero-order valence-electron chi connectivity index (χ0n) is 21.8. The fourth-order valence-electron chi connectivity index (χ4n) is 4.45. The highest BCUT2D eigenvalue weighted by atomic mass is 16.5. The molecule has 2 aromatic carbocycles. The minimum atomic E-state index is -0.249. The summed E-state index contributed by atoms with van der Waals surface area (Å²) in [6.07, 6.45) is 3.28. The van der Waals surface area contributed by atoms with Crippen molar-refractivity contribution in [3.8, 4) is 11.4 Å². The Kier molecular flexibility index (Phi) is 8.18. The van der Waals surface area contributed by atoms with Gasteiger partial charge in [-0.15, -0.1) is 6.58 Å². The van der Waals surface area contributed by atoms with E-state index in [1.54, 1.807) is 30.3 Å². The summed E-state index contributed by atoms with van der Waals surface area (Å²) in [4.78, 5) is 32.3. The van der Waals surface area contributed by atoms with Crippen LogP contribution in [-0.4, -0.2) is 46.5 Å². The van der Waals surface area contributed by atoms with Gasteiger partial charge in [0.25, 0.3) is 5.91 Å². The van der Waals surface area contributed by atoms with Gasteiger partial charge in [-0.2, -0.15) is 4.98 Å². The highest BCUT2D eigenvalue weighted by Gasteiger charge is 2.28. The Morgan fingerprint density at radius 3 is 2.65 bits per heavy atom. The molecule has 8 nitrogen and oxygen atoms in total. The molecule has 4 rings (SSSR count). The van der Waals surface area contributed by atoms with Crippen LogP contribution in [0.25, 0.3) is 11.4 Å². The van der Waals surface area contributed by atoms with Crippen LogP contribution in [0.2, 0.25) is 0 Å². The van der Waals surface area contributed by atoms with E-state index in [0.717, 1.165) is 24.9 Å². The zero-order chi connectivity index (χ0) is 26.4. The molecular weight excluding hydrogens is 466 g/mol. The SMILES string of the molecule is C=CCNC(=O)c1ccccc1NC(=O)C1CCCN(Cc2nc(-c3ccc(C(C)(C)C)cc3)no2)C1. The van der Waals surface area contributed by atoms with Crippen molar-refractivity contribution in [3.05, 3.63) is 78.2 Å². The van der Waals surface area contributed by atoms with Gasteiger partial charge in [0.15, 0.2) is 0 Å². The number of benzene rings is 2. The van der Waals surface area contributed by atoms with Gasteiger partial charge >= 0.3 is 0 Å². The van der Waals surface area contributed by atoms with Crippen molar-refractivity contribution >= 4 is 17.5 Å². The zero-order valence-corrected chi connectivity index (χ0v) is 21.8. The van der Waals surface area contributed by atoms with Gasteiger partial charge < -0.3 is 15.2 Å². The summed E-state index contributed by atoms with van der Waals surface area (Å²) in [6.45, 7) is 12.4. The summed E-state index contributed by atoms with van der Waals surface area (Å²) >= 11 is 0. The lowest BCUT2D eigenvalue weighted by atomic mass is 9.87. The molecule has 1 unspecified atom stereocenters. The van der Waals surface area contributed by atoms with Crippen molar-refractivity contribution in [3.63, 3.8) is 0 Å². The van der Waals surface area contributed by atoms with E-state index in [1.807, 2.05) is 12.1 Å². The van der Waals surface area contributed by atoms with Gasteiger partial charge in [0, 0.05) is 18.7 Å². The number of carbonyl (C=O) groups excluding carboxylic acids is 2. The first-order valence-corrected chi connectivity index (χ1v) is 12.7. The number of nitrogens with zero attached hydrogens (tertiary/aromatic N) is 3. The summed E-state index contributed by atoms with van der Waals surface area (Å²) in [5, 5.41) is 9.88. The number of nitrogens with one attached hydrogen (secondary N) is 2. The number of hydrogen-bond acceptors (Lipinski definition) is 6. The van der Waals surface area contributed by atoms with E-state index < -0.39 is 0 Å². The minimum Gasteiger partial charge on any atom is -0.349 e. The van der Waals surface area contributed by atoms with Crippen LogP contribution in [0.5, 0.6) is 0 Å². The second kappa shape index (κ2) is 11.5. The third-order valence-corrected chi connectivity index (χ3v) is 6.55. The molecule has 1 saturated heterocycles. The molecule has 8 heteroatoms. The van der Waals surface area contributed by atoms with Gasteiger partial charge in [-0.05, 0) is 42.5 Å². The molecular formula is C29H35N5O3. The van der Waals surface area contributed by atoms with Crippen LogP contribution >= 0.6 is 0 Å². The molecule has 0 aliphatic carbocycles. The molecule has 1 atom stereocenters. The van der Waals surface area contributed by atoms with Crippen molar-refractivity contribution in [2.45, 2.75) is 45.6 Å². The van der Waals surface area contributed by atoms with Gasteiger partial charge in [-0.1, -0.05) is 68.4 Å². The van der Waals surface area contributed by atoms with Crippen molar-refractivity contribution in [2.24, 2.45) is 5.92 Å². The normalized spacial score (nSPS) is 16.2. The van der Waals surface area contributed by atoms with Crippen LogP contribution in [0.1, 0.15) is 55.4 Å². The molecule has 0 spiro atoms. The topological polar surface area (TPSA) is 100 Å². The van der Waals surface area contributed by atoms with E-state index in [-0.39, 0.29) is 23.1 Å². The molecule has 2 amide bonds. The number of hydrogen-bond donors (Lipinski definition) is 2. The minimum absolute atomic E-state index is 0.0814. The van der Waals surface area contributed by atoms with Crippen LogP contribution in [-0.2, 0) is 16.8 Å². The summed E-state index contributed by atoms with van der Waals surface area (Å²) in [7, 11) is 0. The maximum Gasteiger partial charge on any atom is 0.253 e. The Morgan fingerprint density at radius 1 is 1.16 bits per heavy atom. The summed E-state index contributed by atoms with van der Waals surface area (Å²) in [6, 6.07) is 15.3. The van der Waals surface area contributed by atoms with E-state index >= 15 is 0 Å². The van der Waals surface area contributed by atoms with Crippen molar-refractivity contribution in [1.29, 1.82) is 0 Å². The first kappa shape index (κ1) is 26.3. The van der Waals surface area contributed by atoms with Crippen LogP contribution in [0.3, 0.4) is 0 Å². The second-order valence-electron chi connectivity index (χ2n) is 10.4. The maximum absolute atomic E-state index is 13.1. The molecule has 37 heavy (non-hydrogen) atoms. The molecule has 0 radical (unpaired) electrons. The van der Waals surface area contributed by atoms with E-state index in [1.165, 1.54) is 5.56 Å². The lowest BCUT2D eigenvalue weighted by molar-refractivity contribution is -0.121. The average Bonchev–Trinajstić information content (AvgIpc) is 3.35. The van der Waals surface area contributed by atoms with E-state index in [2.05, 4.69) is 65.2 Å². The van der Waals surface area contributed by atoms with Gasteiger partial charge in [-0.25, -0.2) is 0 Å².